The summed E-state index contributed by atoms with van der Waals surface area (Å²) in [5, 5.41) is 6.31. The molecule has 0 radical (unpaired) electrons. The summed E-state index contributed by atoms with van der Waals surface area (Å²) in [4.78, 5) is 29.6. The Morgan fingerprint density at radius 2 is 1.93 bits per heavy atom. The first-order valence-corrected chi connectivity index (χ1v) is 10.0. The number of rotatable bonds is 4. The van der Waals surface area contributed by atoms with Gasteiger partial charge >= 0.3 is 0 Å². The van der Waals surface area contributed by atoms with Crippen LogP contribution in [-0.4, -0.2) is 25.8 Å². The molecule has 0 aliphatic heterocycles. The third-order valence-electron chi connectivity index (χ3n) is 4.33. The molecule has 29 heavy (non-hydrogen) atoms. The Kier molecular flexibility index (Phi) is 5.33. The molecule has 0 aliphatic rings. The third-order valence-corrected chi connectivity index (χ3v) is 5.44. The summed E-state index contributed by atoms with van der Waals surface area (Å²) in [6.45, 7) is 3.82. The highest BCUT2D eigenvalue weighted by Crippen LogP contribution is 2.32. The number of thiazole rings is 1. The average molecular weight is 422 g/mol. The van der Waals surface area contributed by atoms with Crippen LogP contribution in [0.25, 0.3) is 22.5 Å². The van der Waals surface area contributed by atoms with Crippen LogP contribution in [0.4, 0.5) is 5.82 Å². The predicted molar refractivity (Wildman–Crippen MR) is 115 cm³/mol. The zero-order chi connectivity index (χ0) is 20.4. The van der Waals surface area contributed by atoms with Crippen molar-refractivity contribution >= 4 is 34.7 Å². The molecular weight excluding hydrogens is 406 g/mol. The normalized spacial score (nSPS) is 10.7. The van der Waals surface area contributed by atoms with E-state index in [0.29, 0.717) is 22.1 Å². The van der Waals surface area contributed by atoms with Gasteiger partial charge in [0, 0.05) is 28.9 Å². The third kappa shape index (κ3) is 4.16. The summed E-state index contributed by atoms with van der Waals surface area (Å²) in [6, 6.07) is 7.47. The summed E-state index contributed by atoms with van der Waals surface area (Å²) in [6.07, 6.45) is 6.27. The maximum Gasteiger partial charge on any atom is 0.258 e. The molecule has 1 aromatic carbocycles. The SMILES string of the molecule is Cc1nc(-c2ccc(Cl)c(-c3cnc(NC(=O)c4cnccc4C)cn3)c2)cs1. The number of aromatic nitrogens is 4. The second-order valence-corrected chi connectivity index (χ2v) is 7.85. The van der Waals surface area contributed by atoms with Crippen LogP contribution in [0, 0.1) is 13.8 Å². The van der Waals surface area contributed by atoms with Crippen molar-refractivity contribution in [2.75, 3.05) is 5.32 Å². The maximum absolute atomic E-state index is 12.4. The Bertz CT molecular complexity index is 1190. The largest absolute Gasteiger partial charge is 0.305 e. The van der Waals surface area contributed by atoms with E-state index in [1.807, 2.05) is 37.4 Å². The van der Waals surface area contributed by atoms with E-state index in [2.05, 4.69) is 25.3 Å². The Morgan fingerprint density at radius 1 is 1.07 bits per heavy atom. The van der Waals surface area contributed by atoms with Gasteiger partial charge in [-0.1, -0.05) is 17.7 Å². The van der Waals surface area contributed by atoms with Gasteiger partial charge in [-0.3, -0.25) is 14.8 Å². The molecule has 3 heterocycles. The number of carbonyl (C=O) groups excluding carboxylic acids is 1. The van der Waals surface area contributed by atoms with E-state index in [9.17, 15) is 4.79 Å². The number of halogens is 1. The van der Waals surface area contributed by atoms with E-state index in [1.54, 1.807) is 29.8 Å². The zero-order valence-corrected chi connectivity index (χ0v) is 17.3. The first-order valence-electron chi connectivity index (χ1n) is 8.77. The van der Waals surface area contributed by atoms with Crippen molar-refractivity contribution in [1.82, 2.24) is 19.9 Å². The van der Waals surface area contributed by atoms with E-state index < -0.39 is 0 Å². The van der Waals surface area contributed by atoms with Crippen LogP contribution in [0.1, 0.15) is 20.9 Å². The Hall–Kier alpha value is -3.16. The molecule has 1 N–H and O–H groups in total. The molecule has 0 saturated carbocycles. The van der Waals surface area contributed by atoms with Gasteiger partial charge in [-0.2, -0.15) is 0 Å². The van der Waals surface area contributed by atoms with Crippen molar-refractivity contribution in [3.8, 4) is 22.5 Å². The molecule has 0 saturated heterocycles. The lowest BCUT2D eigenvalue weighted by Gasteiger charge is -2.08. The molecule has 1 amide bonds. The van der Waals surface area contributed by atoms with Gasteiger partial charge in [0.15, 0.2) is 5.82 Å². The highest BCUT2D eigenvalue weighted by Gasteiger charge is 2.12. The standard InChI is InChI=1S/C21H16ClN5OS/c1-12-5-6-23-8-16(12)21(28)27-20-10-24-18(9-25-20)15-7-14(3-4-17(15)22)19-11-29-13(2)26-19/h3-11H,1-2H3,(H,25,27,28). The first-order chi connectivity index (χ1) is 14.0. The highest BCUT2D eigenvalue weighted by molar-refractivity contribution is 7.09. The van der Waals surface area contributed by atoms with E-state index in [1.165, 1.54) is 12.4 Å². The number of nitrogens with one attached hydrogen (secondary N) is 1. The van der Waals surface area contributed by atoms with Gasteiger partial charge in [-0.05, 0) is 37.6 Å². The van der Waals surface area contributed by atoms with Crippen molar-refractivity contribution in [2.45, 2.75) is 13.8 Å². The number of pyridine rings is 1. The molecule has 0 unspecified atom stereocenters. The Labute approximate surface area is 176 Å². The minimum atomic E-state index is -0.281. The van der Waals surface area contributed by atoms with Crippen LogP contribution in [0.3, 0.4) is 0 Å². The summed E-state index contributed by atoms with van der Waals surface area (Å²) >= 11 is 7.98. The topological polar surface area (TPSA) is 80.7 Å². The van der Waals surface area contributed by atoms with Gasteiger partial charge in [-0.15, -0.1) is 11.3 Å². The van der Waals surface area contributed by atoms with Crippen molar-refractivity contribution in [1.29, 1.82) is 0 Å². The summed E-state index contributed by atoms with van der Waals surface area (Å²) in [5.41, 5.74) is 4.55. The fraction of sp³-hybridized carbons (Fsp3) is 0.0952. The molecule has 0 bridgehead atoms. The minimum Gasteiger partial charge on any atom is -0.305 e. The van der Waals surface area contributed by atoms with Crippen LogP contribution < -0.4 is 5.32 Å². The van der Waals surface area contributed by atoms with Crippen molar-refractivity contribution < 1.29 is 4.79 Å². The van der Waals surface area contributed by atoms with E-state index in [0.717, 1.165) is 27.4 Å². The van der Waals surface area contributed by atoms with Crippen molar-refractivity contribution in [2.24, 2.45) is 0 Å². The van der Waals surface area contributed by atoms with Crippen LogP contribution in [0.2, 0.25) is 5.02 Å². The fourth-order valence-corrected chi connectivity index (χ4v) is 3.63. The van der Waals surface area contributed by atoms with Gasteiger partial charge in [0.25, 0.3) is 5.91 Å². The lowest BCUT2D eigenvalue weighted by Crippen LogP contribution is -2.14. The number of amides is 1. The van der Waals surface area contributed by atoms with Crippen molar-refractivity contribution in [3.63, 3.8) is 0 Å². The van der Waals surface area contributed by atoms with Gasteiger partial charge in [0.1, 0.15) is 0 Å². The van der Waals surface area contributed by atoms with E-state index in [-0.39, 0.29) is 5.91 Å². The zero-order valence-electron chi connectivity index (χ0n) is 15.7. The molecule has 0 spiro atoms. The number of hydrogen-bond donors (Lipinski definition) is 1. The fourth-order valence-electron chi connectivity index (χ4n) is 2.79. The summed E-state index contributed by atoms with van der Waals surface area (Å²) < 4.78 is 0. The second kappa shape index (κ2) is 8.06. The first kappa shape index (κ1) is 19.2. The highest BCUT2D eigenvalue weighted by atomic mass is 35.5. The van der Waals surface area contributed by atoms with Gasteiger partial charge in [0.2, 0.25) is 0 Å². The number of aryl methyl sites for hydroxylation is 2. The lowest BCUT2D eigenvalue weighted by atomic mass is 10.1. The molecule has 0 atom stereocenters. The molecule has 0 fully saturated rings. The molecule has 4 rings (SSSR count). The predicted octanol–water partition coefficient (Wildman–Crippen LogP) is 5.18. The average Bonchev–Trinajstić information content (AvgIpc) is 3.16. The van der Waals surface area contributed by atoms with Gasteiger partial charge in [0.05, 0.1) is 39.4 Å². The number of carbonyl (C=O) groups is 1. The van der Waals surface area contributed by atoms with Gasteiger partial charge in [-0.25, -0.2) is 9.97 Å². The molecule has 0 aliphatic carbocycles. The molecule has 144 valence electrons. The van der Waals surface area contributed by atoms with Crippen LogP contribution in [-0.2, 0) is 0 Å². The monoisotopic (exact) mass is 421 g/mol. The number of hydrogen-bond acceptors (Lipinski definition) is 6. The number of benzene rings is 1. The molecule has 3 aromatic heterocycles. The quantitative estimate of drug-likeness (QED) is 0.490. The minimum absolute atomic E-state index is 0.281. The summed E-state index contributed by atoms with van der Waals surface area (Å²) in [5.74, 6) is 0.0704. The molecule has 8 heteroatoms. The molecular formula is C21H16ClN5OS. The lowest BCUT2D eigenvalue weighted by molar-refractivity contribution is 0.102. The number of anilines is 1. The smallest absolute Gasteiger partial charge is 0.258 e. The van der Waals surface area contributed by atoms with Gasteiger partial charge < -0.3 is 5.32 Å². The van der Waals surface area contributed by atoms with Crippen molar-refractivity contribution in [3.05, 3.63) is 75.6 Å². The maximum atomic E-state index is 12.4. The van der Waals surface area contributed by atoms with Crippen LogP contribution >= 0.6 is 22.9 Å². The van der Waals surface area contributed by atoms with Crippen LogP contribution in [0.5, 0.6) is 0 Å². The van der Waals surface area contributed by atoms with Crippen LogP contribution in [0.15, 0.2) is 54.4 Å². The molecule has 4 aromatic rings. The summed E-state index contributed by atoms with van der Waals surface area (Å²) in [7, 11) is 0. The molecule has 6 nitrogen and oxygen atoms in total. The van der Waals surface area contributed by atoms with E-state index in [4.69, 9.17) is 11.6 Å². The van der Waals surface area contributed by atoms with E-state index >= 15 is 0 Å². The Morgan fingerprint density at radius 3 is 2.62 bits per heavy atom. The second-order valence-electron chi connectivity index (χ2n) is 6.38. The Balaban J connectivity index is 1.58. The number of nitrogens with zero attached hydrogens (tertiary/aromatic N) is 4.